The zero-order chi connectivity index (χ0) is 22.6. The quantitative estimate of drug-likeness (QED) is 0.425. The average molecular weight is 450 g/mol. The number of nitrogens with zero attached hydrogens (tertiary/aromatic N) is 1. The van der Waals surface area contributed by atoms with E-state index in [-0.39, 0.29) is 22.2 Å². The SMILES string of the molecule is CCOCc1ccc(S(=O)(=O)c2ccc(CNC(=O)c3cc4cnccc4[nH]3)cc2)cc1. The zero-order valence-corrected chi connectivity index (χ0v) is 18.4. The van der Waals surface area contributed by atoms with Crippen LogP contribution < -0.4 is 5.32 Å². The van der Waals surface area contributed by atoms with E-state index in [9.17, 15) is 13.2 Å². The van der Waals surface area contributed by atoms with Gasteiger partial charge < -0.3 is 15.0 Å². The first-order valence-corrected chi connectivity index (χ1v) is 11.7. The van der Waals surface area contributed by atoms with E-state index in [2.05, 4.69) is 15.3 Å². The fourth-order valence-corrected chi connectivity index (χ4v) is 4.54. The monoisotopic (exact) mass is 449 g/mol. The number of fused-ring (bicyclic) bond motifs is 1. The second kappa shape index (κ2) is 9.33. The number of aromatic amines is 1. The number of hydrogen-bond acceptors (Lipinski definition) is 5. The number of sulfone groups is 1. The van der Waals surface area contributed by atoms with Crippen molar-refractivity contribution in [2.24, 2.45) is 0 Å². The summed E-state index contributed by atoms with van der Waals surface area (Å²) in [4.78, 5) is 19.9. The van der Waals surface area contributed by atoms with Crippen molar-refractivity contribution >= 4 is 26.6 Å². The highest BCUT2D eigenvalue weighted by Gasteiger charge is 2.17. The third-order valence-electron chi connectivity index (χ3n) is 5.06. The maximum Gasteiger partial charge on any atom is 0.267 e. The predicted molar refractivity (Wildman–Crippen MR) is 121 cm³/mol. The van der Waals surface area contributed by atoms with Crippen LogP contribution in [0, 0.1) is 0 Å². The number of aromatic nitrogens is 2. The standard InChI is InChI=1S/C24H23N3O4S/c1-2-31-16-18-5-9-21(10-6-18)32(29,30)20-7-3-17(4-8-20)14-26-24(28)23-13-19-15-25-12-11-22(19)27-23/h3-13,15,27H,2,14,16H2,1H3,(H,26,28). The van der Waals surface area contributed by atoms with Crippen LogP contribution in [-0.2, 0) is 27.7 Å². The topological polar surface area (TPSA) is 101 Å². The van der Waals surface area contributed by atoms with Gasteiger partial charge in [-0.25, -0.2) is 8.42 Å². The Bertz CT molecular complexity index is 1290. The van der Waals surface area contributed by atoms with E-state index in [0.717, 1.165) is 22.0 Å². The van der Waals surface area contributed by atoms with Crippen molar-refractivity contribution in [3.8, 4) is 0 Å². The van der Waals surface area contributed by atoms with Gasteiger partial charge in [-0.1, -0.05) is 24.3 Å². The molecular formula is C24H23N3O4S. The first kappa shape index (κ1) is 21.7. The molecule has 7 nitrogen and oxygen atoms in total. The third-order valence-corrected chi connectivity index (χ3v) is 6.84. The molecule has 0 aliphatic heterocycles. The van der Waals surface area contributed by atoms with Crippen LogP contribution in [-0.4, -0.2) is 30.9 Å². The molecule has 0 saturated carbocycles. The van der Waals surface area contributed by atoms with E-state index in [1.54, 1.807) is 73.1 Å². The summed E-state index contributed by atoms with van der Waals surface area (Å²) in [6.07, 6.45) is 3.35. The Morgan fingerprint density at radius 1 is 1.00 bits per heavy atom. The van der Waals surface area contributed by atoms with Crippen molar-refractivity contribution in [1.82, 2.24) is 15.3 Å². The van der Waals surface area contributed by atoms with Gasteiger partial charge in [-0.05, 0) is 54.4 Å². The molecule has 8 heteroatoms. The lowest BCUT2D eigenvalue weighted by atomic mass is 10.2. The lowest BCUT2D eigenvalue weighted by Gasteiger charge is -2.08. The molecule has 0 spiro atoms. The number of carbonyl (C=O) groups excluding carboxylic acids is 1. The third kappa shape index (κ3) is 4.71. The van der Waals surface area contributed by atoms with Gasteiger partial charge in [0, 0.05) is 36.4 Å². The molecule has 4 rings (SSSR count). The Morgan fingerprint density at radius 3 is 2.28 bits per heavy atom. The Labute approximate surface area is 186 Å². The number of rotatable bonds is 8. The molecule has 0 fully saturated rings. The lowest BCUT2D eigenvalue weighted by molar-refractivity contribution is 0.0946. The lowest BCUT2D eigenvalue weighted by Crippen LogP contribution is -2.23. The number of H-pyrrole nitrogens is 1. The largest absolute Gasteiger partial charge is 0.377 e. The smallest absolute Gasteiger partial charge is 0.267 e. The number of nitrogens with one attached hydrogen (secondary N) is 2. The second-order valence-corrected chi connectivity index (χ2v) is 9.21. The van der Waals surface area contributed by atoms with Gasteiger partial charge in [0.2, 0.25) is 9.84 Å². The first-order valence-electron chi connectivity index (χ1n) is 10.2. The molecule has 32 heavy (non-hydrogen) atoms. The summed E-state index contributed by atoms with van der Waals surface area (Å²) in [6.45, 7) is 3.24. The van der Waals surface area contributed by atoms with Crippen molar-refractivity contribution < 1.29 is 17.9 Å². The summed E-state index contributed by atoms with van der Waals surface area (Å²) in [5, 5.41) is 3.70. The van der Waals surface area contributed by atoms with Crippen LogP contribution in [0.15, 0.2) is 82.8 Å². The van der Waals surface area contributed by atoms with Gasteiger partial charge in [-0.2, -0.15) is 0 Å². The van der Waals surface area contributed by atoms with Crippen LogP contribution in [0.2, 0.25) is 0 Å². The van der Waals surface area contributed by atoms with E-state index in [1.165, 1.54) is 0 Å². The van der Waals surface area contributed by atoms with Crippen molar-refractivity contribution in [2.75, 3.05) is 6.61 Å². The molecule has 0 bridgehead atoms. The molecule has 2 aromatic carbocycles. The zero-order valence-electron chi connectivity index (χ0n) is 17.5. The summed E-state index contributed by atoms with van der Waals surface area (Å²) in [6, 6.07) is 16.8. The van der Waals surface area contributed by atoms with E-state index in [4.69, 9.17) is 4.74 Å². The van der Waals surface area contributed by atoms with Crippen molar-refractivity contribution in [1.29, 1.82) is 0 Å². The second-order valence-electron chi connectivity index (χ2n) is 7.26. The van der Waals surface area contributed by atoms with Gasteiger partial charge in [0.05, 0.1) is 16.4 Å². The molecule has 0 atom stereocenters. The normalized spacial score (nSPS) is 11.5. The van der Waals surface area contributed by atoms with E-state index < -0.39 is 9.84 Å². The van der Waals surface area contributed by atoms with Crippen molar-refractivity contribution in [3.63, 3.8) is 0 Å². The molecule has 0 aliphatic carbocycles. The summed E-state index contributed by atoms with van der Waals surface area (Å²) in [5.41, 5.74) is 3.00. The van der Waals surface area contributed by atoms with Crippen LogP contribution in [0.1, 0.15) is 28.5 Å². The van der Waals surface area contributed by atoms with Gasteiger partial charge in [0.15, 0.2) is 0 Å². The van der Waals surface area contributed by atoms with Crippen LogP contribution in [0.5, 0.6) is 0 Å². The van der Waals surface area contributed by atoms with Crippen molar-refractivity contribution in [2.45, 2.75) is 29.9 Å². The summed E-state index contributed by atoms with van der Waals surface area (Å²) in [5.74, 6) is -0.245. The van der Waals surface area contributed by atoms with Crippen LogP contribution >= 0.6 is 0 Å². The minimum absolute atomic E-state index is 0.202. The number of hydrogen-bond donors (Lipinski definition) is 2. The number of amides is 1. The van der Waals surface area contributed by atoms with E-state index >= 15 is 0 Å². The number of pyridine rings is 1. The van der Waals surface area contributed by atoms with Gasteiger partial charge in [-0.15, -0.1) is 0 Å². The van der Waals surface area contributed by atoms with E-state index in [0.29, 0.717) is 18.9 Å². The Morgan fingerprint density at radius 2 is 1.66 bits per heavy atom. The molecule has 0 aliphatic rings. The minimum Gasteiger partial charge on any atom is -0.377 e. The molecule has 0 radical (unpaired) electrons. The van der Waals surface area contributed by atoms with Crippen molar-refractivity contribution in [3.05, 3.63) is 89.9 Å². The first-order chi connectivity index (χ1) is 15.5. The summed E-state index contributed by atoms with van der Waals surface area (Å²) in [7, 11) is -3.62. The number of carbonyl (C=O) groups is 1. The molecule has 4 aromatic rings. The van der Waals surface area contributed by atoms with Gasteiger partial charge >= 0.3 is 0 Å². The fourth-order valence-electron chi connectivity index (χ4n) is 3.28. The van der Waals surface area contributed by atoms with Gasteiger partial charge in [-0.3, -0.25) is 9.78 Å². The predicted octanol–water partition coefficient (Wildman–Crippen LogP) is 3.86. The molecule has 2 N–H and O–H groups in total. The Balaban J connectivity index is 1.41. The molecule has 2 heterocycles. The molecule has 0 unspecified atom stereocenters. The molecular weight excluding hydrogens is 426 g/mol. The Hall–Kier alpha value is -3.49. The number of ether oxygens (including phenoxy) is 1. The molecule has 164 valence electrons. The van der Waals surface area contributed by atoms with Crippen LogP contribution in [0.4, 0.5) is 0 Å². The maximum absolute atomic E-state index is 12.9. The highest BCUT2D eigenvalue weighted by Crippen LogP contribution is 2.22. The molecule has 0 saturated heterocycles. The average Bonchev–Trinajstić information content (AvgIpc) is 3.26. The fraction of sp³-hybridized carbons (Fsp3) is 0.167. The van der Waals surface area contributed by atoms with Gasteiger partial charge in [0.25, 0.3) is 5.91 Å². The highest BCUT2D eigenvalue weighted by atomic mass is 32.2. The number of benzene rings is 2. The molecule has 1 amide bonds. The summed E-state index contributed by atoms with van der Waals surface area (Å²) >= 11 is 0. The minimum atomic E-state index is -3.62. The maximum atomic E-state index is 12.9. The summed E-state index contributed by atoms with van der Waals surface area (Å²) < 4.78 is 31.1. The van der Waals surface area contributed by atoms with Crippen LogP contribution in [0.3, 0.4) is 0 Å². The highest BCUT2D eigenvalue weighted by molar-refractivity contribution is 7.91. The van der Waals surface area contributed by atoms with E-state index in [1.807, 2.05) is 6.92 Å². The Kier molecular flexibility index (Phi) is 6.34. The van der Waals surface area contributed by atoms with Gasteiger partial charge in [0.1, 0.15) is 5.69 Å². The van der Waals surface area contributed by atoms with Crippen LogP contribution in [0.25, 0.3) is 10.9 Å². The molecule has 2 aromatic heterocycles.